The Balaban J connectivity index is 1.30. The van der Waals surface area contributed by atoms with Gasteiger partial charge in [0, 0.05) is 43.0 Å². The Labute approximate surface area is 233 Å². The average molecular weight is 540 g/mol. The van der Waals surface area contributed by atoms with Gasteiger partial charge in [-0.3, -0.25) is 15.1 Å². The van der Waals surface area contributed by atoms with Gasteiger partial charge in [-0.25, -0.2) is 9.48 Å². The highest BCUT2D eigenvalue weighted by Gasteiger charge is 2.22. The number of fused-ring (bicyclic) bond motifs is 1. The van der Waals surface area contributed by atoms with Crippen molar-refractivity contribution in [2.45, 2.75) is 39.2 Å². The summed E-state index contributed by atoms with van der Waals surface area (Å²) in [6.45, 7) is 8.07. The Hall–Kier alpha value is -4.70. The second-order valence-corrected chi connectivity index (χ2v) is 10.6. The van der Waals surface area contributed by atoms with Gasteiger partial charge in [-0.1, -0.05) is 26.8 Å². The Kier molecular flexibility index (Phi) is 7.52. The molecule has 4 aromatic rings. The van der Waals surface area contributed by atoms with Crippen LogP contribution in [0.1, 0.15) is 48.1 Å². The van der Waals surface area contributed by atoms with E-state index in [1.165, 1.54) is 17.3 Å². The molecule has 2 aromatic carbocycles. The first-order valence-corrected chi connectivity index (χ1v) is 13.2. The maximum atomic E-state index is 13.0. The van der Waals surface area contributed by atoms with Crippen molar-refractivity contribution >= 4 is 23.4 Å². The van der Waals surface area contributed by atoms with Gasteiger partial charge in [-0.05, 0) is 66.6 Å². The van der Waals surface area contributed by atoms with Gasteiger partial charge in [0.1, 0.15) is 23.0 Å². The second-order valence-electron chi connectivity index (χ2n) is 10.6. The van der Waals surface area contributed by atoms with Gasteiger partial charge < -0.3 is 20.7 Å². The third kappa shape index (κ3) is 6.13. The molecule has 1 aliphatic rings. The zero-order valence-electron chi connectivity index (χ0n) is 23.0. The molecular formula is C30H33N7O3. The van der Waals surface area contributed by atoms with Gasteiger partial charge in [0.25, 0.3) is 5.91 Å². The molecule has 0 unspecified atom stereocenters. The molecule has 10 nitrogen and oxygen atoms in total. The van der Waals surface area contributed by atoms with Crippen LogP contribution >= 0.6 is 0 Å². The quantitative estimate of drug-likeness (QED) is 0.273. The number of amides is 3. The number of nitrogens with zero attached hydrogens (tertiary/aromatic N) is 3. The van der Waals surface area contributed by atoms with Crippen molar-refractivity contribution in [1.82, 2.24) is 25.4 Å². The summed E-state index contributed by atoms with van der Waals surface area (Å²) in [6.07, 6.45) is 2.51. The smallest absolute Gasteiger partial charge is 0.324 e. The number of carbonyl (C=O) groups is 2. The van der Waals surface area contributed by atoms with Crippen molar-refractivity contribution in [3.8, 4) is 17.2 Å². The van der Waals surface area contributed by atoms with Crippen LogP contribution in [-0.4, -0.2) is 40.3 Å². The van der Waals surface area contributed by atoms with Crippen molar-refractivity contribution in [1.29, 1.82) is 0 Å². The Morgan fingerprint density at radius 2 is 1.75 bits per heavy atom. The minimum atomic E-state index is -0.390. The summed E-state index contributed by atoms with van der Waals surface area (Å²) < 4.78 is 7.63. The number of hydrogen-bond donors (Lipinski definition) is 4. The van der Waals surface area contributed by atoms with Gasteiger partial charge in [0.05, 0.1) is 11.4 Å². The first-order chi connectivity index (χ1) is 19.2. The molecule has 0 bridgehead atoms. The highest BCUT2D eigenvalue weighted by molar-refractivity contribution is 5.99. The topological polar surface area (TPSA) is 122 Å². The number of nitrogens with one attached hydrogen (secondary N) is 4. The molecule has 0 fully saturated rings. The molecule has 3 heterocycles. The SMILES string of the molecule is CNC(=O)c1cc(Oc2ccc(NC(=O)Nc3cc(C(C)(C)C)nn3-c3ccc4c(c3)CNCC4)cc2)ccn1. The molecule has 0 saturated carbocycles. The van der Waals surface area contributed by atoms with Crippen molar-refractivity contribution in [2.75, 3.05) is 24.2 Å². The van der Waals surface area contributed by atoms with Crippen molar-refractivity contribution in [3.05, 3.63) is 89.4 Å². The summed E-state index contributed by atoms with van der Waals surface area (Å²) in [5.74, 6) is 1.31. The predicted molar refractivity (Wildman–Crippen MR) is 154 cm³/mol. The normalized spacial score (nSPS) is 12.8. The molecule has 2 aromatic heterocycles. The van der Waals surface area contributed by atoms with Crippen LogP contribution in [-0.2, 0) is 18.4 Å². The molecule has 0 saturated heterocycles. The fraction of sp³-hybridized carbons (Fsp3) is 0.267. The first kappa shape index (κ1) is 26.9. The van der Waals surface area contributed by atoms with Gasteiger partial charge in [0.15, 0.2) is 0 Å². The lowest BCUT2D eigenvalue weighted by molar-refractivity contribution is 0.0957. The number of benzene rings is 2. The van der Waals surface area contributed by atoms with E-state index in [2.05, 4.69) is 59.2 Å². The predicted octanol–water partition coefficient (Wildman–Crippen LogP) is 5.01. The summed E-state index contributed by atoms with van der Waals surface area (Å²) in [7, 11) is 1.54. The van der Waals surface area contributed by atoms with E-state index in [0.717, 1.165) is 30.9 Å². The molecule has 0 spiro atoms. The average Bonchev–Trinajstić information content (AvgIpc) is 3.38. The minimum absolute atomic E-state index is 0.195. The molecule has 0 radical (unpaired) electrons. The van der Waals surface area contributed by atoms with Gasteiger partial charge in [0.2, 0.25) is 0 Å². The Morgan fingerprint density at radius 1 is 0.950 bits per heavy atom. The van der Waals surface area contributed by atoms with Crippen LogP contribution in [0.3, 0.4) is 0 Å². The molecule has 10 heteroatoms. The fourth-order valence-electron chi connectivity index (χ4n) is 4.38. The summed E-state index contributed by atoms with van der Waals surface area (Å²) >= 11 is 0. The van der Waals surface area contributed by atoms with Crippen molar-refractivity contribution in [3.63, 3.8) is 0 Å². The minimum Gasteiger partial charge on any atom is -0.457 e. The molecule has 40 heavy (non-hydrogen) atoms. The largest absolute Gasteiger partial charge is 0.457 e. The van der Waals surface area contributed by atoms with Crippen LogP contribution < -0.4 is 26.0 Å². The van der Waals surface area contributed by atoms with E-state index < -0.39 is 0 Å². The zero-order chi connectivity index (χ0) is 28.3. The maximum absolute atomic E-state index is 13.0. The molecule has 4 N–H and O–H groups in total. The van der Waals surface area contributed by atoms with Crippen LogP contribution in [0.5, 0.6) is 11.5 Å². The third-order valence-corrected chi connectivity index (χ3v) is 6.58. The molecule has 1 aliphatic heterocycles. The lowest BCUT2D eigenvalue weighted by Gasteiger charge is -2.18. The molecule has 5 rings (SSSR count). The number of carbonyl (C=O) groups excluding carboxylic acids is 2. The summed E-state index contributed by atoms with van der Waals surface area (Å²) in [5.41, 5.74) is 5.00. The monoisotopic (exact) mass is 539 g/mol. The molecule has 206 valence electrons. The summed E-state index contributed by atoms with van der Waals surface area (Å²) in [6, 6.07) is 18.0. The van der Waals surface area contributed by atoms with Gasteiger partial charge in [-0.15, -0.1) is 0 Å². The van der Waals surface area contributed by atoms with E-state index in [0.29, 0.717) is 23.0 Å². The van der Waals surface area contributed by atoms with Crippen molar-refractivity contribution < 1.29 is 14.3 Å². The van der Waals surface area contributed by atoms with Crippen LogP contribution in [0.25, 0.3) is 5.69 Å². The van der Waals surface area contributed by atoms with Crippen LogP contribution in [0, 0.1) is 0 Å². The van der Waals surface area contributed by atoms with Crippen LogP contribution in [0.4, 0.5) is 16.3 Å². The number of pyridine rings is 1. The summed E-state index contributed by atoms with van der Waals surface area (Å²) in [5, 5.41) is 16.6. The molecule has 3 amide bonds. The molecule has 0 aliphatic carbocycles. The van der Waals surface area contributed by atoms with E-state index in [-0.39, 0.29) is 23.0 Å². The van der Waals surface area contributed by atoms with Gasteiger partial charge in [-0.2, -0.15) is 5.10 Å². The summed E-state index contributed by atoms with van der Waals surface area (Å²) in [4.78, 5) is 28.9. The van der Waals surface area contributed by atoms with Crippen LogP contribution in [0.15, 0.2) is 66.9 Å². The van der Waals surface area contributed by atoms with E-state index in [9.17, 15) is 9.59 Å². The van der Waals surface area contributed by atoms with Crippen molar-refractivity contribution in [2.24, 2.45) is 0 Å². The highest BCUT2D eigenvalue weighted by atomic mass is 16.5. The Morgan fingerprint density at radius 3 is 2.50 bits per heavy atom. The molecular weight excluding hydrogens is 506 g/mol. The number of anilines is 2. The lowest BCUT2D eigenvalue weighted by atomic mass is 9.92. The fourth-order valence-corrected chi connectivity index (χ4v) is 4.38. The maximum Gasteiger partial charge on any atom is 0.324 e. The van der Waals surface area contributed by atoms with E-state index in [4.69, 9.17) is 9.84 Å². The number of hydrogen-bond acceptors (Lipinski definition) is 6. The number of ether oxygens (including phenoxy) is 1. The number of aromatic nitrogens is 3. The number of rotatable bonds is 6. The highest BCUT2D eigenvalue weighted by Crippen LogP contribution is 2.28. The second kappa shape index (κ2) is 11.2. The zero-order valence-corrected chi connectivity index (χ0v) is 23.0. The van der Waals surface area contributed by atoms with Gasteiger partial charge >= 0.3 is 6.03 Å². The lowest BCUT2D eigenvalue weighted by Crippen LogP contribution is -2.24. The van der Waals surface area contributed by atoms with E-state index in [1.54, 1.807) is 48.1 Å². The standard InChI is InChI=1S/C30H33N7O3/c1-30(2,3)26-17-27(37(36-26)22-8-5-19-11-13-32-18-20(19)15-22)35-29(39)34-21-6-9-23(10-7-21)40-24-12-14-33-25(16-24)28(38)31-4/h5-10,12,14-17,32H,11,13,18H2,1-4H3,(H,31,38)(H2,34,35,39). The van der Waals surface area contributed by atoms with E-state index in [1.807, 2.05) is 12.1 Å². The van der Waals surface area contributed by atoms with E-state index >= 15 is 0 Å². The first-order valence-electron chi connectivity index (χ1n) is 13.2. The third-order valence-electron chi connectivity index (χ3n) is 6.58. The number of urea groups is 1. The van der Waals surface area contributed by atoms with Crippen LogP contribution in [0.2, 0.25) is 0 Å². The Bertz CT molecular complexity index is 1540. The molecule has 0 atom stereocenters.